The molecule has 1 fully saturated rings. The van der Waals surface area contributed by atoms with Crippen LogP contribution in [-0.2, 0) is 4.79 Å². The number of rotatable bonds is 3. The molecule has 2 aromatic carbocycles. The lowest BCUT2D eigenvalue weighted by atomic mass is 9.85. The number of benzene rings is 2. The van der Waals surface area contributed by atoms with Crippen LogP contribution in [0.4, 0.5) is 0 Å². The van der Waals surface area contributed by atoms with E-state index in [0.717, 1.165) is 11.1 Å². The maximum Gasteiger partial charge on any atom is 0.252 e. The smallest absolute Gasteiger partial charge is 0.252 e. The van der Waals surface area contributed by atoms with Gasteiger partial charge in [0.2, 0.25) is 0 Å². The number of aliphatic hydroxyl groups excluding tert-OH is 2. The van der Waals surface area contributed by atoms with Crippen LogP contribution >= 0.6 is 0 Å². The summed E-state index contributed by atoms with van der Waals surface area (Å²) < 4.78 is 0. The molecule has 0 aromatic heterocycles. The van der Waals surface area contributed by atoms with Gasteiger partial charge in [0.1, 0.15) is 12.2 Å². The topological polar surface area (TPSA) is 60.8 Å². The third kappa shape index (κ3) is 2.40. The summed E-state index contributed by atoms with van der Waals surface area (Å²) in [5.41, 5.74) is 1.59. The molecule has 22 heavy (non-hydrogen) atoms. The van der Waals surface area contributed by atoms with E-state index in [1.165, 1.54) is 4.90 Å². The van der Waals surface area contributed by atoms with Crippen molar-refractivity contribution < 1.29 is 15.0 Å². The fourth-order valence-electron chi connectivity index (χ4n) is 3.25. The standard InChI is InChI=1S/C18H19NO3/c1-19-15(16(20)13-10-6-3-7-11-13)14(17(21)18(19)22)12-8-4-2-5-9-12/h2-11,14-17,20-21H,1H3/t14-,15+,16-,17-/m1/s1. The minimum atomic E-state index is -1.13. The molecule has 1 amide bonds. The fourth-order valence-corrected chi connectivity index (χ4v) is 3.25. The molecule has 0 saturated carbocycles. The Labute approximate surface area is 129 Å². The molecule has 1 heterocycles. The Morgan fingerprint density at radius 2 is 1.55 bits per heavy atom. The van der Waals surface area contributed by atoms with Crippen LogP contribution in [-0.4, -0.2) is 40.2 Å². The van der Waals surface area contributed by atoms with E-state index in [1.54, 1.807) is 7.05 Å². The predicted molar refractivity (Wildman–Crippen MR) is 83.1 cm³/mol. The molecular weight excluding hydrogens is 278 g/mol. The van der Waals surface area contributed by atoms with Gasteiger partial charge in [-0.3, -0.25) is 4.79 Å². The van der Waals surface area contributed by atoms with E-state index >= 15 is 0 Å². The first kappa shape index (κ1) is 14.8. The Hall–Kier alpha value is -2.17. The molecule has 1 aliphatic rings. The number of carbonyl (C=O) groups excluding carboxylic acids is 1. The van der Waals surface area contributed by atoms with E-state index in [9.17, 15) is 15.0 Å². The van der Waals surface area contributed by atoms with Crippen molar-refractivity contribution in [1.82, 2.24) is 4.90 Å². The maximum absolute atomic E-state index is 12.2. The number of nitrogens with zero attached hydrogens (tertiary/aromatic N) is 1. The first-order valence-corrected chi connectivity index (χ1v) is 7.34. The van der Waals surface area contributed by atoms with Crippen LogP contribution in [0.5, 0.6) is 0 Å². The molecular formula is C18H19NO3. The zero-order valence-electron chi connectivity index (χ0n) is 12.3. The lowest BCUT2D eigenvalue weighted by molar-refractivity contribution is -0.135. The van der Waals surface area contributed by atoms with Gasteiger partial charge in [-0.05, 0) is 11.1 Å². The molecule has 1 aliphatic heterocycles. The summed E-state index contributed by atoms with van der Waals surface area (Å²) in [5.74, 6) is -0.803. The monoisotopic (exact) mass is 297 g/mol. The summed E-state index contributed by atoms with van der Waals surface area (Å²) in [6.45, 7) is 0. The lowest BCUT2D eigenvalue weighted by Crippen LogP contribution is -2.36. The normalized spacial score (nSPS) is 26.2. The Kier molecular flexibility index (Phi) is 3.96. The van der Waals surface area contributed by atoms with Crippen LogP contribution < -0.4 is 0 Å². The minimum absolute atomic E-state index is 0.353. The lowest BCUT2D eigenvalue weighted by Gasteiger charge is -2.30. The van der Waals surface area contributed by atoms with Crippen LogP contribution in [0.25, 0.3) is 0 Å². The highest BCUT2D eigenvalue weighted by molar-refractivity contribution is 5.85. The Bertz CT molecular complexity index is 644. The fraction of sp³-hybridized carbons (Fsp3) is 0.278. The molecule has 114 valence electrons. The van der Waals surface area contributed by atoms with E-state index < -0.39 is 24.2 Å². The van der Waals surface area contributed by atoms with Crippen molar-refractivity contribution in [2.45, 2.75) is 24.2 Å². The van der Waals surface area contributed by atoms with Gasteiger partial charge in [-0.25, -0.2) is 0 Å². The van der Waals surface area contributed by atoms with Crippen molar-refractivity contribution in [2.24, 2.45) is 0 Å². The number of likely N-dealkylation sites (tertiary alicyclic amines) is 1. The molecule has 1 saturated heterocycles. The summed E-state index contributed by atoms with van der Waals surface area (Å²) in [7, 11) is 1.63. The molecule has 3 rings (SSSR count). The molecule has 4 heteroatoms. The highest BCUT2D eigenvalue weighted by Crippen LogP contribution is 2.40. The van der Waals surface area contributed by atoms with Gasteiger partial charge in [0.25, 0.3) is 5.91 Å². The largest absolute Gasteiger partial charge is 0.386 e. The number of likely N-dealkylation sites (N-methyl/N-ethyl adjacent to an activating group) is 1. The van der Waals surface area contributed by atoms with Crippen molar-refractivity contribution in [3.63, 3.8) is 0 Å². The SMILES string of the molecule is CN1C(=O)[C@H](O)[C@H](c2ccccc2)[C@H]1[C@H](O)c1ccccc1. The highest BCUT2D eigenvalue weighted by atomic mass is 16.3. The Morgan fingerprint density at radius 3 is 2.14 bits per heavy atom. The average Bonchev–Trinajstić information content (AvgIpc) is 2.80. The first-order valence-electron chi connectivity index (χ1n) is 7.34. The van der Waals surface area contributed by atoms with Gasteiger partial charge in [0, 0.05) is 13.0 Å². The number of hydrogen-bond acceptors (Lipinski definition) is 3. The van der Waals surface area contributed by atoms with E-state index in [2.05, 4.69) is 0 Å². The third-order valence-electron chi connectivity index (χ3n) is 4.41. The van der Waals surface area contributed by atoms with Crippen molar-refractivity contribution in [1.29, 1.82) is 0 Å². The van der Waals surface area contributed by atoms with Gasteiger partial charge in [-0.2, -0.15) is 0 Å². The molecule has 0 aliphatic carbocycles. The molecule has 0 bridgehead atoms. The average molecular weight is 297 g/mol. The van der Waals surface area contributed by atoms with Gasteiger partial charge >= 0.3 is 0 Å². The quantitative estimate of drug-likeness (QED) is 0.906. The summed E-state index contributed by atoms with van der Waals surface area (Å²) in [4.78, 5) is 13.7. The number of hydrogen-bond donors (Lipinski definition) is 2. The van der Waals surface area contributed by atoms with Gasteiger partial charge in [0.15, 0.2) is 0 Å². The van der Waals surface area contributed by atoms with Crippen LogP contribution in [0.1, 0.15) is 23.1 Å². The maximum atomic E-state index is 12.2. The van der Waals surface area contributed by atoms with Crippen molar-refractivity contribution in [3.8, 4) is 0 Å². The third-order valence-corrected chi connectivity index (χ3v) is 4.41. The van der Waals surface area contributed by atoms with E-state index in [1.807, 2.05) is 60.7 Å². The van der Waals surface area contributed by atoms with Crippen molar-refractivity contribution in [3.05, 3.63) is 71.8 Å². The zero-order chi connectivity index (χ0) is 15.7. The summed E-state index contributed by atoms with van der Waals surface area (Å²) in [6, 6.07) is 18.1. The number of carbonyl (C=O) groups is 1. The molecule has 2 N–H and O–H groups in total. The van der Waals surface area contributed by atoms with Crippen LogP contribution in [0.2, 0.25) is 0 Å². The second kappa shape index (κ2) is 5.91. The molecule has 4 atom stereocenters. The number of aliphatic hydroxyl groups is 2. The van der Waals surface area contributed by atoms with Gasteiger partial charge in [-0.1, -0.05) is 60.7 Å². The Morgan fingerprint density at radius 1 is 1.00 bits per heavy atom. The van der Waals surface area contributed by atoms with Crippen LogP contribution in [0.15, 0.2) is 60.7 Å². The molecule has 0 spiro atoms. The summed E-state index contributed by atoms with van der Waals surface area (Å²) in [6.07, 6.45) is -1.98. The number of amides is 1. The van der Waals surface area contributed by atoms with Gasteiger partial charge in [-0.15, -0.1) is 0 Å². The summed E-state index contributed by atoms with van der Waals surface area (Å²) in [5, 5.41) is 21.1. The van der Waals surface area contributed by atoms with E-state index in [4.69, 9.17) is 0 Å². The molecule has 0 unspecified atom stereocenters. The van der Waals surface area contributed by atoms with E-state index in [-0.39, 0.29) is 5.91 Å². The van der Waals surface area contributed by atoms with Gasteiger partial charge < -0.3 is 15.1 Å². The highest BCUT2D eigenvalue weighted by Gasteiger charge is 2.49. The van der Waals surface area contributed by atoms with Crippen LogP contribution in [0.3, 0.4) is 0 Å². The first-order chi connectivity index (χ1) is 10.6. The van der Waals surface area contributed by atoms with Crippen LogP contribution in [0, 0.1) is 0 Å². The molecule has 4 nitrogen and oxygen atoms in total. The van der Waals surface area contributed by atoms with Gasteiger partial charge in [0.05, 0.1) is 6.04 Å². The van der Waals surface area contributed by atoms with Crippen molar-refractivity contribution in [2.75, 3.05) is 7.05 Å². The molecule has 2 aromatic rings. The summed E-state index contributed by atoms with van der Waals surface area (Å²) >= 11 is 0. The zero-order valence-corrected chi connectivity index (χ0v) is 12.3. The Balaban J connectivity index is 2.01. The second-order valence-electron chi connectivity index (χ2n) is 5.68. The van der Waals surface area contributed by atoms with Crippen molar-refractivity contribution >= 4 is 5.91 Å². The predicted octanol–water partition coefficient (Wildman–Crippen LogP) is 1.71. The second-order valence-corrected chi connectivity index (χ2v) is 5.68. The van der Waals surface area contributed by atoms with E-state index in [0.29, 0.717) is 0 Å². The molecule has 0 radical (unpaired) electrons. The minimum Gasteiger partial charge on any atom is -0.386 e.